The second-order valence-electron chi connectivity index (χ2n) is 5.39. The molecule has 0 saturated carbocycles. The van der Waals surface area contributed by atoms with Gasteiger partial charge in [0.25, 0.3) is 5.69 Å². The summed E-state index contributed by atoms with van der Waals surface area (Å²) in [5, 5.41) is 13.8. The highest BCUT2D eigenvalue weighted by atomic mass is 16.6. The van der Waals surface area contributed by atoms with Gasteiger partial charge in [0.05, 0.1) is 11.5 Å². The van der Waals surface area contributed by atoms with Gasteiger partial charge in [-0.05, 0) is 31.7 Å². The normalized spacial score (nSPS) is 16.5. The van der Waals surface area contributed by atoms with Gasteiger partial charge in [0.15, 0.2) is 0 Å². The van der Waals surface area contributed by atoms with Crippen LogP contribution in [0.5, 0.6) is 0 Å². The van der Waals surface area contributed by atoms with Crippen molar-refractivity contribution >= 4 is 11.6 Å². The summed E-state index contributed by atoms with van der Waals surface area (Å²) >= 11 is 0. The van der Waals surface area contributed by atoms with Crippen LogP contribution in [-0.2, 0) is 4.79 Å². The van der Waals surface area contributed by atoms with E-state index in [0.717, 1.165) is 31.5 Å². The molecule has 1 fully saturated rings. The van der Waals surface area contributed by atoms with Crippen LogP contribution >= 0.6 is 0 Å². The summed E-state index contributed by atoms with van der Waals surface area (Å²) in [4.78, 5) is 24.2. The first-order valence-corrected chi connectivity index (χ1v) is 7.33. The number of likely N-dealkylation sites (tertiary alicyclic amines) is 1. The van der Waals surface area contributed by atoms with Crippen LogP contribution in [0.25, 0.3) is 0 Å². The average molecular weight is 291 g/mol. The zero-order valence-electron chi connectivity index (χ0n) is 12.2. The number of nitrogens with one attached hydrogen (secondary N) is 1. The predicted molar refractivity (Wildman–Crippen MR) is 79.9 cm³/mol. The number of amides is 1. The summed E-state index contributed by atoms with van der Waals surface area (Å²) in [6.45, 7) is 3.96. The lowest BCUT2D eigenvalue weighted by Crippen LogP contribution is -2.41. The van der Waals surface area contributed by atoms with E-state index in [1.54, 1.807) is 12.1 Å². The van der Waals surface area contributed by atoms with Crippen molar-refractivity contribution in [2.24, 2.45) is 0 Å². The zero-order chi connectivity index (χ0) is 15.2. The molecule has 1 amide bonds. The molecule has 21 heavy (non-hydrogen) atoms. The number of piperidine rings is 1. The van der Waals surface area contributed by atoms with E-state index in [1.807, 2.05) is 11.8 Å². The van der Waals surface area contributed by atoms with E-state index >= 15 is 0 Å². The fraction of sp³-hybridized carbons (Fsp3) is 0.533. The molecular weight excluding hydrogens is 270 g/mol. The molecule has 0 radical (unpaired) electrons. The van der Waals surface area contributed by atoms with Crippen LogP contribution in [0.4, 0.5) is 5.69 Å². The summed E-state index contributed by atoms with van der Waals surface area (Å²) in [6, 6.07) is 6.40. The molecule has 1 aliphatic rings. The maximum Gasteiger partial charge on any atom is 0.269 e. The van der Waals surface area contributed by atoms with Crippen molar-refractivity contribution in [3.63, 3.8) is 0 Å². The topological polar surface area (TPSA) is 75.5 Å². The van der Waals surface area contributed by atoms with Gasteiger partial charge in [0, 0.05) is 31.3 Å². The summed E-state index contributed by atoms with van der Waals surface area (Å²) < 4.78 is 0. The SMILES string of the molecule is CC(NCC(=O)N1CCCCC1)c1ccc([N+](=O)[O-])cc1. The lowest BCUT2D eigenvalue weighted by atomic mass is 10.1. The lowest BCUT2D eigenvalue weighted by Gasteiger charge is -2.27. The number of carbonyl (C=O) groups excluding carboxylic acids is 1. The van der Waals surface area contributed by atoms with Crippen molar-refractivity contribution in [1.29, 1.82) is 0 Å². The highest BCUT2D eigenvalue weighted by Gasteiger charge is 2.17. The highest BCUT2D eigenvalue weighted by molar-refractivity contribution is 5.78. The van der Waals surface area contributed by atoms with Crippen LogP contribution in [0.3, 0.4) is 0 Å². The minimum atomic E-state index is -0.415. The van der Waals surface area contributed by atoms with E-state index in [0.29, 0.717) is 6.54 Å². The Bertz CT molecular complexity index is 495. The Labute approximate surface area is 124 Å². The Morgan fingerprint density at radius 3 is 2.48 bits per heavy atom. The summed E-state index contributed by atoms with van der Waals surface area (Å²) in [5.41, 5.74) is 1.02. The molecule has 0 spiro atoms. The quantitative estimate of drug-likeness (QED) is 0.667. The third-order valence-corrected chi connectivity index (χ3v) is 3.87. The van der Waals surface area contributed by atoms with Crippen LogP contribution in [0.2, 0.25) is 0 Å². The van der Waals surface area contributed by atoms with Gasteiger partial charge in [-0.3, -0.25) is 14.9 Å². The number of nitro benzene ring substituents is 1. The van der Waals surface area contributed by atoms with Gasteiger partial charge >= 0.3 is 0 Å². The van der Waals surface area contributed by atoms with E-state index < -0.39 is 4.92 Å². The number of carbonyl (C=O) groups is 1. The van der Waals surface area contributed by atoms with Crippen molar-refractivity contribution in [2.75, 3.05) is 19.6 Å². The molecule has 1 aromatic rings. The van der Waals surface area contributed by atoms with E-state index in [9.17, 15) is 14.9 Å². The Morgan fingerprint density at radius 2 is 1.90 bits per heavy atom. The number of nitro groups is 1. The van der Waals surface area contributed by atoms with Gasteiger partial charge in [-0.25, -0.2) is 0 Å². The molecule has 114 valence electrons. The van der Waals surface area contributed by atoms with E-state index in [-0.39, 0.29) is 17.6 Å². The molecular formula is C15H21N3O3. The Balaban J connectivity index is 1.84. The van der Waals surface area contributed by atoms with Gasteiger partial charge in [0.1, 0.15) is 0 Å². The fourth-order valence-corrected chi connectivity index (χ4v) is 2.50. The van der Waals surface area contributed by atoms with Crippen LogP contribution < -0.4 is 5.32 Å². The Hall–Kier alpha value is -1.95. The van der Waals surface area contributed by atoms with Crippen LogP contribution in [-0.4, -0.2) is 35.4 Å². The first-order valence-electron chi connectivity index (χ1n) is 7.33. The summed E-state index contributed by atoms with van der Waals surface area (Å²) in [7, 11) is 0. The summed E-state index contributed by atoms with van der Waals surface area (Å²) in [5.74, 6) is 0.128. The minimum absolute atomic E-state index is 0.0143. The Kier molecular flexibility index (Phi) is 5.27. The first kappa shape index (κ1) is 15.4. The maximum absolute atomic E-state index is 12.1. The second kappa shape index (κ2) is 7.17. The number of hydrogen-bond donors (Lipinski definition) is 1. The molecule has 1 unspecified atom stereocenters. The van der Waals surface area contributed by atoms with E-state index in [4.69, 9.17) is 0 Å². The van der Waals surface area contributed by atoms with Crippen LogP contribution in [0, 0.1) is 10.1 Å². The molecule has 6 nitrogen and oxygen atoms in total. The molecule has 1 aliphatic heterocycles. The first-order chi connectivity index (χ1) is 10.1. The Morgan fingerprint density at radius 1 is 1.29 bits per heavy atom. The van der Waals surface area contributed by atoms with Crippen molar-refractivity contribution in [1.82, 2.24) is 10.2 Å². The lowest BCUT2D eigenvalue weighted by molar-refractivity contribution is -0.384. The van der Waals surface area contributed by atoms with Crippen molar-refractivity contribution in [3.8, 4) is 0 Å². The number of hydrogen-bond acceptors (Lipinski definition) is 4. The third-order valence-electron chi connectivity index (χ3n) is 3.87. The van der Waals surface area contributed by atoms with Gasteiger partial charge in [0.2, 0.25) is 5.91 Å². The smallest absolute Gasteiger partial charge is 0.269 e. The molecule has 1 atom stereocenters. The molecule has 0 aliphatic carbocycles. The van der Waals surface area contributed by atoms with E-state index in [1.165, 1.54) is 18.6 Å². The van der Waals surface area contributed by atoms with Crippen molar-refractivity contribution < 1.29 is 9.72 Å². The molecule has 0 bridgehead atoms. The van der Waals surface area contributed by atoms with Crippen LogP contribution in [0.15, 0.2) is 24.3 Å². The molecule has 6 heteroatoms. The van der Waals surface area contributed by atoms with Gasteiger partial charge < -0.3 is 10.2 Å². The molecule has 0 aromatic heterocycles. The number of nitrogens with zero attached hydrogens (tertiary/aromatic N) is 2. The molecule has 1 aromatic carbocycles. The molecule has 1 saturated heterocycles. The third kappa shape index (κ3) is 4.26. The number of benzene rings is 1. The summed E-state index contributed by atoms with van der Waals surface area (Å²) in [6.07, 6.45) is 3.38. The molecule has 1 N–H and O–H groups in total. The minimum Gasteiger partial charge on any atom is -0.342 e. The molecule has 2 rings (SSSR count). The van der Waals surface area contributed by atoms with Crippen molar-refractivity contribution in [3.05, 3.63) is 39.9 Å². The maximum atomic E-state index is 12.1. The van der Waals surface area contributed by atoms with Crippen LogP contribution in [0.1, 0.15) is 37.8 Å². The van der Waals surface area contributed by atoms with Gasteiger partial charge in [-0.2, -0.15) is 0 Å². The second-order valence-corrected chi connectivity index (χ2v) is 5.39. The zero-order valence-corrected chi connectivity index (χ0v) is 12.2. The van der Waals surface area contributed by atoms with Crippen molar-refractivity contribution in [2.45, 2.75) is 32.2 Å². The standard InChI is InChI=1S/C15H21N3O3/c1-12(13-5-7-14(8-6-13)18(20)21)16-11-15(19)17-9-3-2-4-10-17/h5-8,12,16H,2-4,9-11H2,1H3. The number of non-ortho nitro benzene ring substituents is 1. The number of rotatable bonds is 5. The average Bonchev–Trinajstić information content (AvgIpc) is 2.53. The largest absolute Gasteiger partial charge is 0.342 e. The van der Waals surface area contributed by atoms with Gasteiger partial charge in [-0.1, -0.05) is 12.1 Å². The van der Waals surface area contributed by atoms with E-state index in [2.05, 4.69) is 5.32 Å². The molecule has 1 heterocycles. The predicted octanol–water partition coefficient (Wildman–Crippen LogP) is 2.26. The fourth-order valence-electron chi connectivity index (χ4n) is 2.50. The van der Waals surface area contributed by atoms with Gasteiger partial charge in [-0.15, -0.1) is 0 Å². The monoisotopic (exact) mass is 291 g/mol. The highest BCUT2D eigenvalue weighted by Crippen LogP contribution is 2.17.